The summed E-state index contributed by atoms with van der Waals surface area (Å²) >= 11 is 0. The topological polar surface area (TPSA) is 68.7 Å². The molecule has 0 atom stereocenters. The number of anilines is 1. The number of furan rings is 1. The predicted molar refractivity (Wildman–Crippen MR) is 74.4 cm³/mol. The van der Waals surface area contributed by atoms with Crippen molar-refractivity contribution in [2.45, 2.75) is 13.8 Å². The lowest BCUT2D eigenvalue weighted by Gasteiger charge is -2.16. The standard InChI is InChI=1S/C14H18N2O3/c1-4-16(5-2)14(17)13-11(15)9-7-6-8-10(18-3)12(9)19-13/h6-8H,4-5,15H2,1-3H3. The molecule has 0 spiro atoms. The number of hydrogen-bond acceptors (Lipinski definition) is 4. The first-order chi connectivity index (χ1) is 9.13. The highest BCUT2D eigenvalue weighted by molar-refractivity contribution is 6.06. The number of nitrogen functional groups attached to an aromatic ring is 1. The van der Waals surface area contributed by atoms with Crippen LogP contribution in [0.5, 0.6) is 5.75 Å². The van der Waals surface area contributed by atoms with Crippen LogP contribution in [0.25, 0.3) is 11.0 Å². The molecule has 2 aromatic rings. The fraction of sp³-hybridized carbons (Fsp3) is 0.357. The summed E-state index contributed by atoms with van der Waals surface area (Å²) in [7, 11) is 1.55. The summed E-state index contributed by atoms with van der Waals surface area (Å²) in [5.41, 5.74) is 6.89. The third-order valence-corrected chi connectivity index (χ3v) is 3.18. The number of benzene rings is 1. The molecule has 0 aliphatic rings. The Kier molecular flexibility index (Phi) is 3.64. The zero-order valence-corrected chi connectivity index (χ0v) is 11.4. The van der Waals surface area contributed by atoms with Gasteiger partial charge in [0.2, 0.25) is 5.76 Å². The molecule has 102 valence electrons. The quantitative estimate of drug-likeness (QED) is 0.919. The first kappa shape index (κ1) is 13.3. The number of rotatable bonds is 4. The van der Waals surface area contributed by atoms with Crippen molar-refractivity contribution >= 4 is 22.6 Å². The van der Waals surface area contributed by atoms with Crippen LogP contribution >= 0.6 is 0 Å². The van der Waals surface area contributed by atoms with E-state index in [0.29, 0.717) is 35.5 Å². The van der Waals surface area contributed by atoms with Crippen molar-refractivity contribution in [1.29, 1.82) is 0 Å². The van der Waals surface area contributed by atoms with E-state index in [1.54, 1.807) is 18.1 Å². The van der Waals surface area contributed by atoms with Gasteiger partial charge in [-0.3, -0.25) is 4.79 Å². The second kappa shape index (κ2) is 5.22. The molecule has 1 heterocycles. The molecule has 0 aliphatic carbocycles. The van der Waals surface area contributed by atoms with Gasteiger partial charge in [0.25, 0.3) is 5.91 Å². The summed E-state index contributed by atoms with van der Waals surface area (Å²) in [6, 6.07) is 5.41. The van der Waals surface area contributed by atoms with E-state index in [-0.39, 0.29) is 11.7 Å². The van der Waals surface area contributed by atoms with E-state index in [2.05, 4.69) is 0 Å². The number of ether oxygens (including phenoxy) is 1. The summed E-state index contributed by atoms with van der Waals surface area (Å²) in [5.74, 6) is 0.562. The van der Waals surface area contributed by atoms with Crippen molar-refractivity contribution in [2.24, 2.45) is 0 Å². The van der Waals surface area contributed by atoms with E-state index in [9.17, 15) is 4.79 Å². The summed E-state index contributed by atoms with van der Waals surface area (Å²) in [5, 5.41) is 0.704. The van der Waals surface area contributed by atoms with Crippen LogP contribution in [-0.2, 0) is 0 Å². The minimum atomic E-state index is -0.194. The maximum absolute atomic E-state index is 12.3. The maximum atomic E-state index is 12.3. The summed E-state index contributed by atoms with van der Waals surface area (Å²) in [6.07, 6.45) is 0. The van der Waals surface area contributed by atoms with E-state index < -0.39 is 0 Å². The lowest BCUT2D eigenvalue weighted by Crippen LogP contribution is -2.30. The Bertz CT molecular complexity index is 600. The van der Waals surface area contributed by atoms with Gasteiger partial charge >= 0.3 is 0 Å². The number of nitrogens with zero attached hydrogens (tertiary/aromatic N) is 1. The Hall–Kier alpha value is -2.17. The smallest absolute Gasteiger partial charge is 0.291 e. The fourth-order valence-electron chi connectivity index (χ4n) is 2.09. The molecule has 5 nitrogen and oxygen atoms in total. The van der Waals surface area contributed by atoms with Gasteiger partial charge in [-0.1, -0.05) is 6.07 Å². The highest BCUT2D eigenvalue weighted by atomic mass is 16.5. The molecule has 0 radical (unpaired) electrons. The number of methoxy groups -OCH3 is 1. The fourth-order valence-corrected chi connectivity index (χ4v) is 2.09. The molecule has 0 saturated heterocycles. The molecular formula is C14H18N2O3. The van der Waals surface area contributed by atoms with Crippen LogP contribution in [0.2, 0.25) is 0 Å². The molecule has 1 aromatic heterocycles. The minimum absolute atomic E-state index is 0.184. The van der Waals surface area contributed by atoms with Crippen LogP contribution in [0.3, 0.4) is 0 Å². The number of fused-ring (bicyclic) bond motifs is 1. The average molecular weight is 262 g/mol. The van der Waals surface area contributed by atoms with E-state index in [1.807, 2.05) is 26.0 Å². The molecule has 0 fully saturated rings. The van der Waals surface area contributed by atoms with E-state index in [1.165, 1.54) is 0 Å². The molecule has 0 unspecified atom stereocenters. The summed E-state index contributed by atoms with van der Waals surface area (Å²) < 4.78 is 10.8. The Morgan fingerprint density at radius 3 is 2.63 bits per heavy atom. The molecule has 0 bridgehead atoms. The van der Waals surface area contributed by atoms with Crippen LogP contribution in [0.1, 0.15) is 24.4 Å². The number of hydrogen-bond donors (Lipinski definition) is 1. The predicted octanol–water partition coefficient (Wildman–Crippen LogP) is 2.51. The van der Waals surface area contributed by atoms with E-state index in [4.69, 9.17) is 14.9 Å². The molecule has 0 saturated carbocycles. The van der Waals surface area contributed by atoms with Gasteiger partial charge in [0.15, 0.2) is 11.3 Å². The van der Waals surface area contributed by atoms with Crippen LogP contribution in [0.4, 0.5) is 5.69 Å². The maximum Gasteiger partial charge on any atom is 0.291 e. The highest BCUT2D eigenvalue weighted by Gasteiger charge is 2.23. The van der Waals surface area contributed by atoms with Crippen molar-refractivity contribution in [3.05, 3.63) is 24.0 Å². The van der Waals surface area contributed by atoms with Crippen molar-refractivity contribution in [1.82, 2.24) is 4.90 Å². The first-order valence-electron chi connectivity index (χ1n) is 6.28. The van der Waals surface area contributed by atoms with Gasteiger partial charge in [0, 0.05) is 18.5 Å². The Balaban J connectivity index is 2.56. The van der Waals surface area contributed by atoms with Crippen LogP contribution in [-0.4, -0.2) is 31.0 Å². The lowest BCUT2D eigenvalue weighted by atomic mass is 10.2. The molecule has 1 aromatic carbocycles. The SMILES string of the molecule is CCN(CC)C(=O)c1oc2c(OC)cccc2c1N. The number of carbonyl (C=O) groups excluding carboxylic acids is 1. The van der Waals surface area contributed by atoms with Gasteiger partial charge in [-0.05, 0) is 26.0 Å². The van der Waals surface area contributed by atoms with E-state index in [0.717, 1.165) is 0 Å². The molecule has 2 rings (SSSR count). The van der Waals surface area contributed by atoms with Crippen molar-refractivity contribution in [3.8, 4) is 5.75 Å². The molecule has 2 N–H and O–H groups in total. The summed E-state index contributed by atoms with van der Waals surface area (Å²) in [6.45, 7) is 5.06. The summed E-state index contributed by atoms with van der Waals surface area (Å²) in [4.78, 5) is 14.0. The first-order valence-corrected chi connectivity index (χ1v) is 6.28. The molecular weight excluding hydrogens is 244 g/mol. The van der Waals surface area contributed by atoms with Gasteiger partial charge in [-0.15, -0.1) is 0 Å². The van der Waals surface area contributed by atoms with Gasteiger partial charge in [-0.25, -0.2) is 0 Å². The van der Waals surface area contributed by atoms with E-state index >= 15 is 0 Å². The molecule has 1 amide bonds. The Labute approximate surface area is 111 Å². The second-order valence-corrected chi connectivity index (χ2v) is 4.16. The van der Waals surface area contributed by atoms with Crippen molar-refractivity contribution < 1.29 is 13.9 Å². The van der Waals surface area contributed by atoms with Crippen molar-refractivity contribution in [3.63, 3.8) is 0 Å². The Morgan fingerprint density at radius 1 is 1.37 bits per heavy atom. The number of carbonyl (C=O) groups is 1. The molecule has 0 aliphatic heterocycles. The van der Waals surface area contributed by atoms with Gasteiger partial charge in [-0.2, -0.15) is 0 Å². The molecule has 19 heavy (non-hydrogen) atoms. The highest BCUT2D eigenvalue weighted by Crippen LogP contribution is 2.34. The third-order valence-electron chi connectivity index (χ3n) is 3.18. The number of para-hydroxylation sites is 1. The zero-order chi connectivity index (χ0) is 14.0. The zero-order valence-electron chi connectivity index (χ0n) is 11.4. The number of amides is 1. The normalized spacial score (nSPS) is 10.7. The number of nitrogens with two attached hydrogens (primary N) is 1. The van der Waals surface area contributed by atoms with Crippen molar-refractivity contribution in [2.75, 3.05) is 25.9 Å². The minimum Gasteiger partial charge on any atom is -0.493 e. The van der Waals surface area contributed by atoms with Crippen LogP contribution in [0, 0.1) is 0 Å². The van der Waals surface area contributed by atoms with Crippen LogP contribution < -0.4 is 10.5 Å². The average Bonchev–Trinajstić information content (AvgIpc) is 2.77. The van der Waals surface area contributed by atoms with Gasteiger partial charge in [0.1, 0.15) is 0 Å². The Morgan fingerprint density at radius 2 is 2.05 bits per heavy atom. The second-order valence-electron chi connectivity index (χ2n) is 4.16. The largest absolute Gasteiger partial charge is 0.493 e. The van der Waals surface area contributed by atoms with Gasteiger partial charge < -0.3 is 19.8 Å². The third kappa shape index (κ3) is 2.12. The van der Waals surface area contributed by atoms with Crippen LogP contribution in [0.15, 0.2) is 22.6 Å². The molecule has 5 heteroatoms. The lowest BCUT2D eigenvalue weighted by molar-refractivity contribution is 0.0745. The monoisotopic (exact) mass is 262 g/mol. The van der Waals surface area contributed by atoms with Gasteiger partial charge in [0.05, 0.1) is 12.8 Å².